The van der Waals surface area contributed by atoms with E-state index in [1.165, 1.54) is 18.2 Å². The molecule has 0 spiro atoms. The fourth-order valence-corrected chi connectivity index (χ4v) is 1.81. The second-order valence-electron chi connectivity index (χ2n) is 4.26. The fraction of sp³-hybridized carbons (Fsp3) is 0.417. The minimum Gasteiger partial charge on any atom is -0.368 e. The monoisotopic (exact) mass is 273 g/mol. The van der Waals surface area contributed by atoms with Gasteiger partial charge >= 0.3 is 0 Å². The van der Waals surface area contributed by atoms with Gasteiger partial charge in [0.25, 0.3) is 0 Å². The molecule has 1 aromatic carbocycles. The van der Waals surface area contributed by atoms with Crippen LogP contribution in [-0.2, 0) is 4.79 Å². The van der Waals surface area contributed by atoms with Crippen LogP contribution < -0.4 is 11.1 Å². The summed E-state index contributed by atoms with van der Waals surface area (Å²) in [5, 5.41) is 3.19. The highest BCUT2D eigenvalue weighted by molar-refractivity contribution is 6.31. The van der Waals surface area contributed by atoms with Crippen LogP contribution >= 0.6 is 11.6 Å². The summed E-state index contributed by atoms with van der Waals surface area (Å²) in [6.45, 7) is 1.33. The van der Waals surface area contributed by atoms with Crippen LogP contribution in [-0.4, -0.2) is 38.0 Å². The van der Waals surface area contributed by atoms with E-state index in [0.717, 1.165) is 6.54 Å². The summed E-state index contributed by atoms with van der Waals surface area (Å²) in [6, 6.07) is 3.18. The number of amides is 1. The van der Waals surface area contributed by atoms with Crippen molar-refractivity contribution in [1.29, 1.82) is 0 Å². The normalized spacial score (nSPS) is 12.7. The van der Waals surface area contributed by atoms with E-state index in [1.807, 2.05) is 19.0 Å². The number of carbonyl (C=O) groups is 1. The molecule has 18 heavy (non-hydrogen) atoms. The van der Waals surface area contributed by atoms with E-state index in [0.29, 0.717) is 12.1 Å². The molecule has 1 atom stereocenters. The van der Waals surface area contributed by atoms with Crippen LogP contribution in [0, 0.1) is 5.82 Å². The highest BCUT2D eigenvalue weighted by Gasteiger charge is 2.20. The third-order valence-electron chi connectivity index (χ3n) is 2.47. The maximum absolute atomic E-state index is 12.9. The van der Waals surface area contributed by atoms with Crippen molar-refractivity contribution in [2.24, 2.45) is 5.73 Å². The zero-order chi connectivity index (χ0) is 13.7. The lowest BCUT2D eigenvalue weighted by molar-refractivity contribution is -0.120. The second kappa shape index (κ2) is 6.68. The second-order valence-corrected chi connectivity index (χ2v) is 4.67. The minimum atomic E-state index is -0.710. The van der Waals surface area contributed by atoms with E-state index in [-0.39, 0.29) is 5.02 Å². The van der Waals surface area contributed by atoms with Crippen LogP contribution in [0.4, 0.5) is 4.39 Å². The zero-order valence-corrected chi connectivity index (χ0v) is 11.2. The number of benzene rings is 1. The summed E-state index contributed by atoms with van der Waals surface area (Å²) in [7, 11) is 3.84. The van der Waals surface area contributed by atoms with Crippen molar-refractivity contribution < 1.29 is 9.18 Å². The molecular weight excluding hydrogens is 257 g/mol. The molecule has 0 aliphatic carbocycles. The Morgan fingerprint density at radius 2 is 2.22 bits per heavy atom. The molecular formula is C12H17ClFN3O. The van der Waals surface area contributed by atoms with Gasteiger partial charge < -0.3 is 16.0 Å². The number of rotatable bonds is 6. The number of primary amides is 1. The lowest BCUT2D eigenvalue weighted by Crippen LogP contribution is -2.37. The molecule has 6 heteroatoms. The average Bonchev–Trinajstić information content (AvgIpc) is 2.25. The van der Waals surface area contributed by atoms with E-state index < -0.39 is 17.8 Å². The molecule has 0 saturated heterocycles. The zero-order valence-electron chi connectivity index (χ0n) is 10.4. The molecule has 1 rings (SSSR count). The van der Waals surface area contributed by atoms with Crippen molar-refractivity contribution in [3.63, 3.8) is 0 Å². The molecule has 1 unspecified atom stereocenters. The van der Waals surface area contributed by atoms with Crippen LogP contribution in [0.1, 0.15) is 11.6 Å². The molecule has 0 fully saturated rings. The van der Waals surface area contributed by atoms with Gasteiger partial charge in [-0.2, -0.15) is 0 Å². The van der Waals surface area contributed by atoms with Crippen molar-refractivity contribution in [3.05, 3.63) is 34.6 Å². The number of hydrogen-bond donors (Lipinski definition) is 2. The lowest BCUT2D eigenvalue weighted by Gasteiger charge is -2.18. The smallest absolute Gasteiger partial charge is 0.239 e. The Bertz CT molecular complexity index is 426. The van der Waals surface area contributed by atoms with Crippen LogP contribution in [0.25, 0.3) is 0 Å². The number of nitrogens with zero attached hydrogens (tertiary/aromatic N) is 1. The van der Waals surface area contributed by atoms with Gasteiger partial charge in [-0.3, -0.25) is 4.79 Å². The summed E-state index contributed by atoms with van der Waals surface area (Å²) < 4.78 is 12.9. The predicted octanol–water partition coefficient (Wildman–Crippen LogP) is 1.16. The Balaban J connectivity index is 2.81. The molecule has 100 valence electrons. The summed E-state index contributed by atoms with van der Waals surface area (Å²) in [4.78, 5) is 13.4. The number of nitrogens with one attached hydrogen (secondary N) is 1. The molecule has 0 radical (unpaired) electrons. The third-order valence-corrected chi connectivity index (χ3v) is 2.79. The summed E-state index contributed by atoms with van der Waals surface area (Å²) >= 11 is 5.91. The molecule has 1 amide bonds. The van der Waals surface area contributed by atoms with Crippen molar-refractivity contribution >= 4 is 17.5 Å². The molecule has 0 aliphatic heterocycles. The minimum absolute atomic E-state index is 0.191. The van der Waals surface area contributed by atoms with Gasteiger partial charge in [0, 0.05) is 18.1 Å². The standard InChI is InChI=1S/C12H17ClFN3O/c1-17(2)6-5-16-11(12(15)18)9-4-3-8(14)7-10(9)13/h3-4,7,11,16H,5-6H2,1-2H3,(H2,15,18). The quantitative estimate of drug-likeness (QED) is 0.818. The van der Waals surface area contributed by atoms with Gasteiger partial charge in [0.05, 0.1) is 0 Å². The maximum atomic E-state index is 12.9. The molecule has 0 heterocycles. The predicted molar refractivity (Wildman–Crippen MR) is 69.9 cm³/mol. The number of nitrogens with two attached hydrogens (primary N) is 1. The number of carbonyl (C=O) groups excluding carboxylic acids is 1. The van der Waals surface area contributed by atoms with E-state index in [9.17, 15) is 9.18 Å². The van der Waals surface area contributed by atoms with Crippen LogP contribution in [0.15, 0.2) is 18.2 Å². The van der Waals surface area contributed by atoms with Crippen LogP contribution in [0.3, 0.4) is 0 Å². The van der Waals surface area contributed by atoms with E-state index in [4.69, 9.17) is 17.3 Å². The Hall–Kier alpha value is -1.17. The van der Waals surface area contributed by atoms with E-state index in [2.05, 4.69) is 5.32 Å². The molecule has 0 aromatic heterocycles. The highest BCUT2D eigenvalue weighted by Crippen LogP contribution is 2.23. The van der Waals surface area contributed by atoms with E-state index in [1.54, 1.807) is 0 Å². The van der Waals surface area contributed by atoms with Gasteiger partial charge in [-0.25, -0.2) is 4.39 Å². The first kappa shape index (κ1) is 14.9. The summed E-state index contributed by atoms with van der Waals surface area (Å²) in [6.07, 6.45) is 0. The van der Waals surface area contributed by atoms with Gasteiger partial charge in [0.1, 0.15) is 11.9 Å². The Labute approximate surface area is 111 Å². The van der Waals surface area contributed by atoms with Crippen molar-refractivity contribution in [2.45, 2.75) is 6.04 Å². The molecule has 0 bridgehead atoms. The van der Waals surface area contributed by atoms with Gasteiger partial charge in [0.15, 0.2) is 0 Å². The Morgan fingerprint density at radius 3 is 2.72 bits per heavy atom. The molecule has 4 nitrogen and oxygen atoms in total. The number of likely N-dealkylation sites (N-methyl/N-ethyl adjacent to an activating group) is 1. The third kappa shape index (κ3) is 4.25. The SMILES string of the molecule is CN(C)CCNC(C(N)=O)c1ccc(F)cc1Cl. The largest absolute Gasteiger partial charge is 0.368 e. The maximum Gasteiger partial charge on any atom is 0.239 e. The molecule has 0 saturated carbocycles. The Morgan fingerprint density at radius 1 is 1.56 bits per heavy atom. The topological polar surface area (TPSA) is 58.4 Å². The van der Waals surface area contributed by atoms with E-state index >= 15 is 0 Å². The molecule has 1 aromatic rings. The van der Waals surface area contributed by atoms with Gasteiger partial charge in [-0.05, 0) is 31.8 Å². The first-order valence-electron chi connectivity index (χ1n) is 5.54. The number of halogens is 2. The van der Waals surface area contributed by atoms with Crippen molar-refractivity contribution in [3.8, 4) is 0 Å². The average molecular weight is 274 g/mol. The summed E-state index contributed by atoms with van der Waals surface area (Å²) in [5.41, 5.74) is 5.82. The van der Waals surface area contributed by atoms with Crippen molar-refractivity contribution in [2.75, 3.05) is 27.2 Å². The number of hydrogen-bond acceptors (Lipinski definition) is 3. The first-order valence-corrected chi connectivity index (χ1v) is 5.92. The Kier molecular flexibility index (Phi) is 5.53. The van der Waals surface area contributed by atoms with Gasteiger partial charge in [-0.15, -0.1) is 0 Å². The lowest BCUT2D eigenvalue weighted by atomic mass is 10.1. The first-order chi connectivity index (χ1) is 8.41. The highest BCUT2D eigenvalue weighted by atomic mass is 35.5. The molecule has 3 N–H and O–H groups in total. The fourth-order valence-electron chi connectivity index (χ4n) is 1.53. The van der Waals surface area contributed by atoms with Crippen LogP contribution in [0.2, 0.25) is 5.02 Å². The van der Waals surface area contributed by atoms with Gasteiger partial charge in [-0.1, -0.05) is 17.7 Å². The van der Waals surface area contributed by atoms with Crippen molar-refractivity contribution in [1.82, 2.24) is 10.2 Å². The van der Waals surface area contributed by atoms with Crippen LogP contribution in [0.5, 0.6) is 0 Å². The molecule has 0 aliphatic rings. The summed E-state index contributed by atoms with van der Waals surface area (Å²) in [5.74, 6) is -0.984. The van der Waals surface area contributed by atoms with Gasteiger partial charge in [0.2, 0.25) is 5.91 Å².